The topological polar surface area (TPSA) is 61.8 Å². The molecule has 0 saturated carbocycles. The minimum atomic E-state index is -4.66. The largest absolute Gasteiger partial charge is 0.490 e. The standard InChI is InChI=1S/C20H17F5O5S/c1-19(29-8-9-30-19)13-10-28-17-15(22)7-6-14(21)16(17)18(13)31(26,27)12-4-2-11(3-5-12)20(23,24)25/h2-7,13,18H,8-10H2,1H3/t13-,18+/m1/s1. The molecule has 2 aliphatic rings. The lowest BCUT2D eigenvalue weighted by Crippen LogP contribution is -2.47. The van der Waals surface area contributed by atoms with E-state index in [4.69, 9.17) is 14.2 Å². The van der Waals surface area contributed by atoms with Crippen LogP contribution in [0, 0.1) is 17.6 Å². The van der Waals surface area contributed by atoms with Gasteiger partial charge < -0.3 is 14.2 Å². The van der Waals surface area contributed by atoms with Gasteiger partial charge in [0.1, 0.15) is 11.1 Å². The zero-order valence-electron chi connectivity index (χ0n) is 16.1. The highest BCUT2D eigenvalue weighted by Gasteiger charge is 2.54. The highest BCUT2D eigenvalue weighted by Crippen LogP contribution is 2.50. The van der Waals surface area contributed by atoms with E-state index < -0.39 is 66.4 Å². The normalized spacial score (nSPS) is 23.3. The maximum atomic E-state index is 14.8. The zero-order chi connectivity index (χ0) is 22.6. The third-order valence-electron chi connectivity index (χ3n) is 5.53. The molecule has 0 radical (unpaired) electrons. The van der Waals surface area contributed by atoms with Crippen LogP contribution in [-0.2, 0) is 25.5 Å². The lowest BCUT2D eigenvalue weighted by atomic mass is 9.89. The molecule has 0 aromatic heterocycles. The van der Waals surface area contributed by atoms with E-state index in [1.807, 2.05) is 0 Å². The summed E-state index contributed by atoms with van der Waals surface area (Å²) in [6.07, 6.45) is -4.66. The molecule has 5 nitrogen and oxygen atoms in total. The number of sulfone groups is 1. The molecule has 2 aromatic carbocycles. The third kappa shape index (κ3) is 3.68. The van der Waals surface area contributed by atoms with Gasteiger partial charge in [-0.2, -0.15) is 13.2 Å². The number of hydrogen-bond donors (Lipinski definition) is 0. The predicted molar refractivity (Wildman–Crippen MR) is 97.0 cm³/mol. The van der Waals surface area contributed by atoms with Crippen LogP contribution in [0.1, 0.15) is 23.3 Å². The number of benzene rings is 2. The van der Waals surface area contributed by atoms with Crippen LogP contribution in [0.4, 0.5) is 22.0 Å². The third-order valence-corrected chi connectivity index (χ3v) is 7.69. The first-order valence-electron chi connectivity index (χ1n) is 9.25. The van der Waals surface area contributed by atoms with Crippen molar-refractivity contribution in [1.29, 1.82) is 0 Å². The Morgan fingerprint density at radius 2 is 1.55 bits per heavy atom. The summed E-state index contributed by atoms with van der Waals surface area (Å²) in [6, 6.07) is 4.40. The monoisotopic (exact) mass is 464 g/mol. The molecule has 2 aliphatic heterocycles. The lowest BCUT2D eigenvalue weighted by molar-refractivity contribution is -0.191. The summed E-state index contributed by atoms with van der Waals surface area (Å²) < 4.78 is 111. The fourth-order valence-corrected chi connectivity index (χ4v) is 6.04. The minimum Gasteiger partial charge on any atom is -0.490 e. The maximum absolute atomic E-state index is 14.8. The average Bonchev–Trinajstić information content (AvgIpc) is 3.17. The van der Waals surface area contributed by atoms with Crippen molar-refractivity contribution in [2.75, 3.05) is 19.8 Å². The lowest BCUT2D eigenvalue weighted by Gasteiger charge is -2.40. The number of ether oxygens (including phenoxy) is 3. The molecule has 0 unspecified atom stereocenters. The molecule has 0 N–H and O–H groups in total. The summed E-state index contributed by atoms with van der Waals surface area (Å²) in [6.45, 7) is 1.40. The zero-order valence-corrected chi connectivity index (χ0v) is 16.9. The average molecular weight is 464 g/mol. The van der Waals surface area contributed by atoms with Crippen molar-refractivity contribution in [2.45, 2.75) is 29.0 Å². The Morgan fingerprint density at radius 3 is 2.13 bits per heavy atom. The van der Waals surface area contributed by atoms with E-state index in [0.717, 1.165) is 24.3 Å². The van der Waals surface area contributed by atoms with Gasteiger partial charge in [-0.25, -0.2) is 17.2 Å². The van der Waals surface area contributed by atoms with Crippen molar-refractivity contribution in [3.05, 3.63) is 59.2 Å². The van der Waals surface area contributed by atoms with Gasteiger partial charge in [0.2, 0.25) is 0 Å². The highest BCUT2D eigenvalue weighted by molar-refractivity contribution is 7.91. The molecule has 2 aromatic rings. The van der Waals surface area contributed by atoms with E-state index in [0.29, 0.717) is 12.1 Å². The quantitative estimate of drug-likeness (QED) is 0.635. The molecular formula is C20H17F5O5S. The molecule has 0 spiro atoms. The summed E-state index contributed by atoms with van der Waals surface area (Å²) in [5.41, 5.74) is -1.58. The second kappa shape index (κ2) is 7.42. The van der Waals surface area contributed by atoms with Crippen molar-refractivity contribution in [3.8, 4) is 5.75 Å². The van der Waals surface area contributed by atoms with Crippen LogP contribution >= 0.6 is 0 Å². The van der Waals surface area contributed by atoms with Crippen molar-refractivity contribution in [3.63, 3.8) is 0 Å². The van der Waals surface area contributed by atoms with Crippen molar-refractivity contribution < 1.29 is 44.6 Å². The first-order chi connectivity index (χ1) is 14.4. The van der Waals surface area contributed by atoms with E-state index in [1.54, 1.807) is 0 Å². The second-order valence-corrected chi connectivity index (χ2v) is 9.46. The van der Waals surface area contributed by atoms with Crippen LogP contribution in [0.15, 0.2) is 41.3 Å². The highest BCUT2D eigenvalue weighted by atomic mass is 32.2. The molecule has 31 heavy (non-hydrogen) atoms. The predicted octanol–water partition coefficient (Wildman–Crippen LogP) is 4.27. The van der Waals surface area contributed by atoms with E-state index in [-0.39, 0.29) is 19.8 Å². The summed E-state index contributed by atoms with van der Waals surface area (Å²) in [4.78, 5) is -0.478. The minimum absolute atomic E-state index is 0.151. The van der Waals surface area contributed by atoms with Crippen molar-refractivity contribution in [1.82, 2.24) is 0 Å². The molecule has 1 fully saturated rings. The first kappa shape index (κ1) is 22.0. The first-order valence-corrected chi connectivity index (χ1v) is 10.8. The van der Waals surface area contributed by atoms with Crippen LogP contribution in [-0.4, -0.2) is 34.0 Å². The van der Waals surface area contributed by atoms with E-state index >= 15 is 0 Å². The van der Waals surface area contributed by atoms with Gasteiger partial charge in [0, 0.05) is 0 Å². The maximum Gasteiger partial charge on any atom is 0.416 e. The Morgan fingerprint density at radius 1 is 0.968 bits per heavy atom. The molecule has 0 aliphatic carbocycles. The summed E-state index contributed by atoms with van der Waals surface area (Å²) in [5, 5.41) is -1.72. The van der Waals surface area contributed by atoms with Gasteiger partial charge in [0.25, 0.3) is 0 Å². The summed E-state index contributed by atoms with van der Waals surface area (Å²) in [7, 11) is -4.52. The van der Waals surface area contributed by atoms with Crippen LogP contribution in [0.25, 0.3) is 0 Å². The Labute approximate surface area is 174 Å². The van der Waals surface area contributed by atoms with Gasteiger partial charge in [0.15, 0.2) is 27.2 Å². The smallest absolute Gasteiger partial charge is 0.416 e. The molecule has 4 rings (SSSR count). The Bertz CT molecular complexity index is 1090. The molecule has 1 saturated heterocycles. The molecular weight excluding hydrogens is 447 g/mol. The van der Waals surface area contributed by atoms with Gasteiger partial charge in [-0.05, 0) is 43.3 Å². The van der Waals surface area contributed by atoms with E-state index in [2.05, 4.69) is 0 Å². The number of hydrogen-bond acceptors (Lipinski definition) is 5. The summed E-state index contributed by atoms with van der Waals surface area (Å²) >= 11 is 0. The molecule has 2 atom stereocenters. The van der Waals surface area contributed by atoms with Crippen LogP contribution in [0.2, 0.25) is 0 Å². The van der Waals surface area contributed by atoms with Crippen LogP contribution < -0.4 is 4.74 Å². The fourth-order valence-electron chi connectivity index (χ4n) is 3.94. The van der Waals surface area contributed by atoms with Gasteiger partial charge in [-0.1, -0.05) is 0 Å². The number of rotatable bonds is 3. The Kier molecular flexibility index (Phi) is 5.26. The number of alkyl halides is 3. The fraction of sp³-hybridized carbons (Fsp3) is 0.400. The molecule has 11 heteroatoms. The van der Waals surface area contributed by atoms with E-state index in [1.165, 1.54) is 6.92 Å². The van der Waals surface area contributed by atoms with Crippen molar-refractivity contribution >= 4 is 9.84 Å². The SMILES string of the molecule is CC1([C@@H]2COc3c(F)ccc(F)c3[C@H]2S(=O)(=O)c2ccc(C(F)(F)F)cc2)OCCO1. The van der Waals surface area contributed by atoms with Gasteiger partial charge in [-0.15, -0.1) is 0 Å². The van der Waals surface area contributed by atoms with Gasteiger partial charge in [0.05, 0.1) is 41.8 Å². The van der Waals surface area contributed by atoms with Crippen LogP contribution in [0.5, 0.6) is 5.75 Å². The van der Waals surface area contributed by atoms with Gasteiger partial charge in [-0.3, -0.25) is 0 Å². The Balaban J connectivity index is 1.88. The van der Waals surface area contributed by atoms with Crippen molar-refractivity contribution in [2.24, 2.45) is 5.92 Å². The number of halogens is 5. The molecule has 2 heterocycles. The van der Waals surface area contributed by atoms with Gasteiger partial charge >= 0.3 is 6.18 Å². The molecule has 0 amide bonds. The summed E-state index contributed by atoms with van der Waals surface area (Å²) in [5.74, 6) is -5.14. The Hall–Kier alpha value is -2.24. The number of fused-ring (bicyclic) bond motifs is 1. The molecule has 0 bridgehead atoms. The van der Waals surface area contributed by atoms with E-state index in [9.17, 15) is 30.4 Å². The second-order valence-electron chi connectivity index (χ2n) is 7.39. The van der Waals surface area contributed by atoms with Crippen LogP contribution in [0.3, 0.4) is 0 Å². The molecule has 168 valence electrons.